The van der Waals surface area contributed by atoms with Crippen molar-refractivity contribution >= 4 is 17.5 Å². The van der Waals surface area contributed by atoms with Crippen LogP contribution < -0.4 is 4.90 Å². The van der Waals surface area contributed by atoms with E-state index < -0.39 is 0 Å². The summed E-state index contributed by atoms with van der Waals surface area (Å²) < 4.78 is 13.8. The highest BCUT2D eigenvalue weighted by Gasteiger charge is 2.24. The van der Waals surface area contributed by atoms with E-state index in [4.69, 9.17) is 0 Å². The minimum atomic E-state index is -0.245. The highest BCUT2D eigenvalue weighted by Crippen LogP contribution is 2.20. The van der Waals surface area contributed by atoms with Crippen molar-refractivity contribution in [2.75, 3.05) is 44.7 Å². The molecule has 0 radical (unpaired) electrons. The van der Waals surface area contributed by atoms with E-state index in [1.54, 1.807) is 35.0 Å². The number of hydrogen-bond acceptors (Lipinski definition) is 3. The van der Waals surface area contributed by atoms with Gasteiger partial charge in [0.2, 0.25) is 11.8 Å². The maximum Gasteiger partial charge on any atom is 0.232 e. The summed E-state index contributed by atoms with van der Waals surface area (Å²) in [6, 6.07) is 6.66. The highest BCUT2D eigenvalue weighted by atomic mass is 19.1. The van der Waals surface area contributed by atoms with E-state index in [2.05, 4.69) is 6.92 Å². The number of carbonyl (C=O) groups excluding carboxylic acids is 2. The molecule has 2 rings (SSSR count). The highest BCUT2D eigenvalue weighted by molar-refractivity contribution is 5.96. The Bertz CT molecular complexity index is 571. The van der Waals surface area contributed by atoms with E-state index in [-0.39, 0.29) is 24.1 Å². The zero-order valence-corrected chi connectivity index (χ0v) is 14.5. The van der Waals surface area contributed by atoms with Crippen LogP contribution in [0.3, 0.4) is 0 Å². The Morgan fingerprint density at radius 3 is 2.46 bits per heavy atom. The summed E-state index contributed by atoms with van der Waals surface area (Å²) >= 11 is 0. The van der Waals surface area contributed by atoms with Crippen LogP contribution in [0.4, 0.5) is 10.1 Å². The molecular weight excluding hydrogens is 309 g/mol. The third-order valence-electron chi connectivity index (χ3n) is 4.40. The van der Waals surface area contributed by atoms with E-state index in [1.165, 1.54) is 6.07 Å². The smallest absolute Gasteiger partial charge is 0.232 e. The molecule has 0 bridgehead atoms. The molecule has 24 heavy (non-hydrogen) atoms. The van der Waals surface area contributed by atoms with Gasteiger partial charge in [0.25, 0.3) is 0 Å². The van der Waals surface area contributed by atoms with Gasteiger partial charge in [-0.05, 0) is 18.6 Å². The number of halogens is 1. The largest absolute Gasteiger partial charge is 0.366 e. The van der Waals surface area contributed by atoms with Crippen molar-refractivity contribution < 1.29 is 14.0 Å². The van der Waals surface area contributed by atoms with E-state index in [9.17, 15) is 14.0 Å². The fourth-order valence-electron chi connectivity index (χ4n) is 2.80. The average molecular weight is 335 g/mol. The number of para-hydroxylation sites is 1. The molecule has 132 valence electrons. The number of carbonyl (C=O) groups is 2. The molecule has 1 aromatic rings. The third-order valence-corrected chi connectivity index (χ3v) is 4.40. The van der Waals surface area contributed by atoms with Gasteiger partial charge < -0.3 is 14.7 Å². The predicted molar refractivity (Wildman–Crippen MR) is 92.4 cm³/mol. The Morgan fingerprint density at radius 1 is 1.17 bits per heavy atom. The van der Waals surface area contributed by atoms with Gasteiger partial charge in [-0.25, -0.2) is 4.39 Å². The van der Waals surface area contributed by atoms with E-state index in [1.807, 2.05) is 4.90 Å². The third kappa shape index (κ3) is 4.69. The minimum Gasteiger partial charge on any atom is -0.366 e. The van der Waals surface area contributed by atoms with Crippen LogP contribution in [0.15, 0.2) is 24.3 Å². The molecule has 0 atom stereocenters. The molecule has 0 unspecified atom stereocenters. The number of rotatable bonds is 6. The summed E-state index contributed by atoms with van der Waals surface area (Å²) in [7, 11) is 1.74. The number of benzene rings is 1. The van der Waals surface area contributed by atoms with Crippen molar-refractivity contribution in [2.45, 2.75) is 26.2 Å². The van der Waals surface area contributed by atoms with Crippen molar-refractivity contribution in [3.8, 4) is 0 Å². The van der Waals surface area contributed by atoms with Crippen LogP contribution >= 0.6 is 0 Å². The van der Waals surface area contributed by atoms with Crippen molar-refractivity contribution in [1.29, 1.82) is 0 Å². The summed E-state index contributed by atoms with van der Waals surface area (Å²) in [4.78, 5) is 29.6. The lowest BCUT2D eigenvalue weighted by Crippen LogP contribution is -2.50. The molecule has 1 aliphatic heterocycles. The topological polar surface area (TPSA) is 43.9 Å². The first-order valence-electron chi connectivity index (χ1n) is 8.54. The van der Waals surface area contributed by atoms with Crippen LogP contribution in [-0.4, -0.2) is 61.4 Å². The van der Waals surface area contributed by atoms with Gasteiger partial charge in [0.15, 0.2) is 0 Å². The lowest BCUT2D eigenvalue weighted by molar-refractivity contribution is -0.140. The normalized spacial score (nSPS) is 14.6. The SMILES string of the molecule is CCCCN(C)C(=O)CC(=O)N1CCN(c2ccccc2F)CC1. The van der Waals surface area contributed by atoms with Gasteiger partial charge in [0, 0.05) is 39.8 Å². The Kier molecular flexibility index (Phi) is 6.58. The predicted octanol–water partition coefficient (Wildman–Crippen LogP) is 2.12. The van der Waals surface area contributed by atoms with E-state index >= 15 is 0 Å². The second-order valence-electron chi connectivity index (χ2n) is 6.16. The number of amides is 2. The molecule has 1 fully saturated rings. The molecule has 5 nitrogen and oxygen atoms in total. The standard InChI is InChI=1S/C18H26FN3O2/c1-3-4-9-20(2)17(23)14-18(24)22-12-10-21(11-13-22)16-8-6-5-7-15(16)19/h5-8H,3-4,9-14H2,1-2H3. The van der Waals surface area contributed by atoms with Gasteiger partial charge in [-0.2, -0.15) is 0 Å². The van der Waals surface area contributed by atoms with E-state index in [0.29, 0.717) is 38.4 Å². The second-order valence-corrected chi connectivity index (χ2v) is 6.16. The van der Waals surface area contributed by atoms with Gasteiger partial charge in [-0.15, -0.1) is 0 Å². The summed E-state index contributed by atoms with van der Waals surface area (Å²) in [6.07, 6.45) is 1.88. The fourth-order valence-corrected chi connectivity index (χ4v) is 2.80. The first-order valence-corrected chi connectivity index (χ1v) is 8.54. The van der Waals surface area contributed by atoms with Gasteiger partial charge in [-0.3, -0.25) is 9.59 Å². The molecule has 1 saturated heterocycles. The maximum absolute atomic E-state index is 13.8. The quantitative estimate of drug-likeness (QED) is 0.748. The fraction of sp³-hybridized carbons (Fsp3) is 0.556. The van der Waals surface area contributed by atoms with Crippen molar-refractivity contribution in [1.82, 2.24) is 9.80 Å². The molecule has 1 aromatic carbocycles. The van der Waals surface area contributed by atoms with E-state index in [0.717, 1.165) is 12.8 Å². The zero-order chi connectivity index (χ0) is 17.5. The van der Waals surface area contributed by atoms with Crippen LogP contribution in [-0.2, 0) is 9.59 Å². The Morgan fingerprint density at radius 2 is 1.83 bits per heavy atom. The molecule has 1 aliphatic rings. The molecule has 0 spiro atoms. The Labute approximate surface area is 143 Å². The molecule has 2 amide bonds. The van der Waals surface area contributed by atoms with Crippen LogP contribution in [0.1, 0.15) is 26.2 Å². The Hall–Kier alpha value is -2.11. The number of anilines is 1. The van der Waals surface area contributed by atoms with Gasteiger partial charge in [-0.1, -0.05) is 25.5 Å². The van der Waals surface area contributed by atoms with Crippen LogP contribution in [0.2, 0.25) is 0 Å². The minimum absolute atomic E-state index is 0.0834. The number of piperazine rings is 1. The molecule has 0 aromatic heterocycles. The molecular formula is C18H26FN3O2. The molecule has 0 saturated carbocycles. The van der Waals surface area contributed by atoms with Crippen molar-refractivity contribution in [3.05, 3.63) is 30.1 Å². The summed E-state index contributed by atoms with van der Waals surface area (Å²) in [5.41, 5.74) is 0.569. The van der Waals surface area contributed by atoms with Crippen molar-refractivity contribution in [3.63, 3.8) is 0 Å². The zero-order valence-electron chi connectivity index (χ0n) is 14.5. The maximum atomic E-state index is 13.8. The molecule has 6 heteroatoms. The Balaban J connectivity index is 1.82. The lowest BCUT2D eigenvalue weighted by Gasteiger charge is -2.36. The molecule has 0 aliphatic carbocycles. The summed E-state index contributed by atoms with van der Waals surface area (Å²) in [5.74, 6) is -0.522. The first-order chi connectivity index (χ1) is 11.5. The van der Waals surface area contributed by atoms with Gasteiger partial charge >= 0.3 is 0 Å². The summed E-state index contributed by atoms with van der Waals surface area (Å²) in [6.45, 7) is 4.93. The second kappa shape index (κ2) is 8.66. The summed E-state index contributed by atoms with van der Waals surface area (Å²) in [5, 5.41) is 0. The van der Waals surface area contributed by atoms with Crippen molar-refractivity contribution in [2.24, 2.45) is 0 Å². The number of hydrogen-bond donors (Lipinski definition) is 0. The molecule has 1 heterocycles. The average Bonchev–Trinajstić information content (AvgIpc) is 2.60. The molecule has 0 N–H and O–H groups in total. The van der Waals surface area contributed by atoms with Gasteiger partial charge in [0.05, 0.1) is 5.69 Å². The van der Waals surface area contributed by atoms with Crippen LogP contribution in [0.5, 0.6) is 0 Å². The van der Waals surface area contributed by atoms with Crippen LogP contribution in [0.25, 0.3) is 0 Å². The van der Waals surface area contributed by atoms with Gasteiger partial charge in [0.1, 0.15) is 12.2 Å². The number of unbranched alkanes of at least 4 members (excludes halogenated alkanes) is 1. The number of nitrogens with zero attached hydrogens (tertiary/aromatic N) is 3. The lowest BCUT2D eigenvalue weighted by atomic mass is 10.2. The first kappa shape index (κ1) is 18.2. The van der Waals surface area contributed by atoms with Crippen LogP contribution in [0, 0.1) is 5.82 Å². The monoisotopic (exact) mass is 335 g/mol.